The van der Waals surface area contributed by atoms with E-state index in [4.69, 9.17) is 14.7 Å². The van der Waals surface area contributed by atoms with Crippen LogP contribution in [0.3, 0.4) is 0 Å². The zero-order valence-electron chi connectivity index (χ0n) is 17.1. The van der Waals surface area contributed by atoms with Crippen molar-refractivity contribution in [2.75, 3.05) is 27.2 Å². The van der Waals surface area contributed by atoms with Crippen molar-refractivity contribution in [2.24, 2.45) is 7.05 Å². The van der Waals surface area contributed by atoms with Crippen LogP contribution < -0.4 is 4.74 Å². The van der Waals surface area contributed by atoms with Crippen molar-refractivity contribution in [3.63, 3.8) is 0 Å². The van der Waals surface area contributed by atoms with Gasteiger partial charge in [0.25, 0.3) is 0 Å². The predicted molar refractivity (Wildman–Crippen MR) is 115 cm³/mol. The van der Waals surface area contributed by atoms with Crippen LogP contribution >= 0.6 is 0 Å². The van der Waals surface area contributed by atoms with Crippen molar-refractivity contribution < 1.29 is 4.74 Å². The van der Waals surface area contributed by atoms with E-state index in [0.29, 0.717) is 5.92 Å². The molecular weight excluding hydrogens is 362 g/mol. The summed E-state index contributed by atoms with van der Waals surface area (Å²) in [6.07, 6.45) is 4.35. The van der Waals surface area contributed by atoms with Crippen molar-refractivity contribution in [1.29, 1.82) is 0 Å². The first-order valence-corrected chi connectivity index (χ1v) is 10.1. The van der Waals surface area contributed by atoms with Gasteiger partial charge in [0.05, 0.1) is 29.4 Å². The number of hydrogen-bond acceptors (Lipinski definition) is 5. The molecule has 1 aliphatic rings. The maximum atomic E-state index is 5.63. The summed E-state index contributed by atoms with van der Waals surface area (Å²) in [5.74, 6) is 1.32. The molecule has 0 bridgehead atoms. The van der Waals surface area contributed by atoms with Crippen LogP contribution in [0.15, 0.2) is 42.6 Å². The highest BCUT2D eigenvalue weighted by molar-refractivity contribution is 5.88. The van der Waals surface area contributed by atoms with E-state index in [0.717, 1.165) is 52.0 Å². The molecule has 4 aromatic rings. The monoisotopic (exact) mass is 387 g/mol. The number of fused-ring (bicyclic) bond motifs is 2. The third-order valence-electron chi connectivity index (χ3n) is 5.92. The number of ether oxygens (including phenoxy) is 1. The van der Waals surface area contributed by atoms with Gasteiger partial charge >= 0.3 is 0 Å². The standard InChI is InChI=1S/C23H25N5O/c1-27-10-8-15(9-11-27)18-4-6-21-20(24-18)7-5-19(25-21)17-12-16-14-28(2)26-22(16)13-23(17)29-3/h4-7,12-15H,8-11H2,1-3H3. The first-order valence-electron chi connectivity index (χ1n) is 10.1. The van der Waals surface area contributed by atoms with E-state index in [1.54, 1.807) is 7.11 Å². The van der Waals surface area contributed by atoms with Crippen molar-refractivity contribution >= 4 is 21.9 Å². The molecule has 0 spiro atoms. The first-order chi connectivity index (χ1) is 14.1. The number of benzene rings is 1. The van der Waals surface area contributed by atoms with E-state index in [2.05, 4.69) is 41.3 Å². The Morgan fingerprint density at radius 3 is 2.48 bits per heavy atom. The molecule has 0 saturated carbocycles. The third-order valence-corrected chi connectivity index (χ3v) is 5.92. The van der Waals surface area contributed by atoms with E-state index in [1.165, 1.54) is 18.5 Å². The smallest absolute Gasteiger partial charge is 0.130 e. The van der Waals surface area contributed by atoms with Gasteiger partial charge < -0.3 is 9.64 Å². The lowest BCUT2D eigenvalue weighted by atomic mass is 9.93. The Kier molecular flexibility index (Phi) is 4.43. The van der Waals surface area contributed by atoms with Crippen LogP contribution in [-0.2, 0) is 7.05 Å². The molecular formula is C23H25N5O. The number of rotatable bonds is 3. The second kappa shape index (κ2) is 7.12. The molecule has 6 heteroatoms. The van der Waals surface area contributed by atoms with E-state index in [9.17, 15) is 0 Å². The average molecular weight is 387 g/mol. The SMILES string of the molecule is COc1cc2nn(C)cc2cc1-c1ccc2nc(C3CCN(C)CC3)ccc2n1. The average Bonchev–Trinajstić information content (AvgIpc) is 3.11. The second-order valence-electron chi connectivity index (χ2n) is 7.96. The van der Waals surface area contributed by atoms with E-state index in [1.807, 2.05) is 30.1 Å². The summed E-state index contributed by atoms with van der Waals surface area (Å²) in [4.78, 5) is 12.2. The van der Waals surface area contributed by atoms with Crippen molar-refractivity contribution in [2.45, 2.75) is 18.8 Å². The number of aryl methyl sites for hydroxylation is 1. The van der Waals surface area contributed by atoms with Gasteiger partial charge in [-0.05, 0) is 63.3 Å². The summed E-state index contributed by atoms with van der Waals surface area (Å²) >= 11 is 0. The lowest BCUT2D eigenvalue weighted by Gasteiger charge is -2.28. The van der Waals surface area contributed by atoms with Gasteiger partial charge in [-0.25, -0.2) is 4.98 Å². The summed E-state index contributed by atoms with van der Waals surface area (Å²) in [7, 11) is 5.80. The Morgan fingerprint density at radius 1 is 0.931 bits per heavy atom. The first kappa shape index (κ1) is 18.1. The maximum Gasteiger partial charge on any atom is 0.130 e. The second-order valence-corrected chi connectivity index (χ2v) is 7.96. The van der Waals surface area contributed by atoms with Crippen LogP contribution in [0, 0.1) is 0 Å². The molecule has 1 fully saturated rings. The minimum Gasteiger partial charge on any atom is -0.496 e. The molecule has 0 unspecified atom stereocenters. The summed E-state index contributed by atoms with van der Waals surface area (Å²) in [6.45, 7) is 2.27. The lowest BCUT2D eigenvalue weighted by Crippen LogP contribution is -2.29. The van der Waals surface area contributed by atoms with Crippen molar-refractivity contribution in [3.8, 4) is 17.0 Å². The molecule has 0 amide bonds. The topological polar surface area (TPSA) is 56.1 Å². The fourth-order valence-corrected chi connectivity index (χ4v) is 4.25. The molecule has 1 aromatic carbocycles. The zero-order valence-corrected chi connectivity index (χ0v) is 17.1. The highest BCUT2D eigenvalue weighted by Crippen LogP contribution is 2.34. The molecule has 148 valence electrons. The minimum atomic E-state index is 0.545. The predicted octanol–water partition coefficient (Wildman–Crippen LogP) is 4.00. The molecule has 1 saturated heterocycles. The molecule has 5 rings (SSSR count). The van der Waals surface area contributed by atoms with Crippen LogP contribution in [0.4, 0.5) is 0 Å². The number of pyridine rings is 2. The molecule has 6 nitrogen and oxygen atoms in total. The third kappa shape index (κ3) is 3.34. The van der Waals surface area contributed by atoms with Gasteiger partial charge in [0.2, 0.25) is 0 Å². The van der Waals surface area contributed by atoms with Crippen LogP contribution in [0.5, 0.6) is 5.75 Å². The molecule has 0 aliphatic carbocycles. The summed E-state index contributed by atoms with van der Waals surface area (Å²) in [5.41, 5.74) is 5.81. The number of hydrogen-bond donors (Lipinski definition) is 0. The van der Waals surface area contributed by atoms with Crippen molar-refractivity contribution in [1.82, 2.24) is 24.6 Å². The number of methoxy groups -OCH3 is 1. The van der Waals surface area contributed by atoms with Crippen LogP contribution in [0.2, 0.25) is 0 Å². The van der Waals surface area contributed by atoms with Crippen LogP contribution in [0.25, 0.3) is 33.2 Å². The molecule has 0 N–H and O–H groups in total. The summed E-state index contributed by atoms with van der Waals surface area (Å²) in [5, 5.41) is 5.54. The number of aromatic nitrogens is 4. The van der Waals surface area contributed by atoms with Gasteiger partial charge in [-0.3, -0.25) is 9.67 Å². The normalized spacial score (nSPS) is 16.0. The number of likely N-dealkylation sites (tertiary alicyclic amines) is 1. The van der Waals surface area contributed by atoms with Crippen LogP contribution in [-0.4, -0.2) is 51.9 Å². The fourth-order valence-electron chi connectivity index (χ4n) is 4.25. The zero-order chi connectivity index (χ0) is 20.0. The Balaban J connectivity index is 1.53. The molecule has 4 heterocycles. The van der Waals surface area contributed by atoms with Crippen LogP contribution in [0.1, 0.15) is 24.5 Å². The molecule has 0 radical (unpaired) electrons. The highest BCUT2D eigenvalue weighted by Gasteiger charge is 2.20. The van der Waals surface area contributed by atoms with E-state index < -0.39 is 0 Å². The van der Waals surface area contributed by atoms with E-state index in [-0.39, 0.29) is 0 Å². The quantitative estimate of drug-likeness (QED) is 0.532. The fraction of sp³-hybridized carbons (Fsp3) is 0.348. The van der Waals surface area contributed by atoms with Crippen molar-refractivity contribution in [3.05, 3.63) is 48.3 Å². The Morgan fingerprint density at radius 2 is 1.69 bits per heavy atom. The molecule has 3 aromatic heterocycles. The maximum absolute atomic E-state index is 5.63. The highest BCUT2D eigenvalue weighted by atomic mass is 16.5. The molecule has 1 aliphatic heterocycles. The van der Waals surface area contributed by atoms with Gasteiger partial charge in [0.15, 0.2) is 0 Å². The molecule has 0 atom stereocenters. The Hall–Kier alpha value is -2.99. The lowest BCUT2D eigenvalue weighted by molar-refractivity contribution is 0.253. The Labute approximate surface area is 170 Å². The number of nitrogens with zero attached hydrogens (tertiary/aromatic N) is 5. The van der Waals surface area contributed by atoms with E-state index >= 15 is 0 Å². The van der Waals surface area contributed by atoms with Gasteiger partial charge in [-0.15, -0.1) is 0 Å². The molecule has 29 heavy (non-hydrogen) atoms. The van der Waals surface area contributed by atoms with Gasteiger partial charge in [-0.1, -0.05) is 0 Å². The van der Waals surface area contributed by atoms with Gasteiger partial charge in [-0.2, -0.15) is 5.10 Å². The summed E-state index contributed by atoms with van der Waals surface area (Å²) < 4.78 is 7.44. The summed E-state index contributed by atoms with van der Waals surface area (Å²) in [6, 6.07) is 12.4. The number of piperidine rings is 1. The Bertz CT molecular complexity index is 1190. The van der Waals surface area contributed by atoms with Gasteiger partial charge in [0.1, 0.15) is 5.75 Å². The largest absolute Gasteiger partial charge is 0.496 e. The minimum absolute atomic E-state index is 0.545. The van der Waals surface area contributed by atoms with Gasteiger partial charge in [0, 0.05) is 41.9 Å².